The topological polar surface area (TPSA) is 37.8 Å². The number of hydrogen-bond donors (Lipinski definition) is 1. The predicted molar refractivity (Wildman–Crippen MR) is 75.9 cm³/mol. The van der Waals surface area contributed by atoms with Crippen LogP contribution in [0.4, 0.5) is 5.82 Å². The summed E-state index contributed by atoms with van der Waals surface area (Å²) in [5.74, 6) is 1.74. The van der Waals surface area contributed by atoms with Gasteiger partial charge >= 0.3 is 0 Å². The number of anilines is 1. The Morgan fingerprint density at radius 2 is 1.83 bits per heavy atom. The van der Waals surface area contributed by atoms with Gasteiger partial charge in [-0.3, -0.25) is 0 Å². The van der Waals surface area contributed by atoms with E-state index in [2.05, 4.69) is 54.3 Å². The second-order valence-corrected chi connectivity index (χ2v) is 4.46. The van der Waals surface area contributed by atoms with Gasteiger partial charge in [-0.15, -0.1) is 0 Å². The Bertz CT molecular complexity index is 539. The second-order valence-electron chi connectivity index (χ2n) is 4.46. The van der Waals surface area contributed by atoms with Crippen LogP contribution in [0.1, 0.15) is 23.9 Å². The van der Waals surface area contributed by atoms with Crippen LogP contribution in [0.15, 0.2) is 24.3 Å². The highest BCUT2D eigenvalue weighted by Crippen LogP contribution is 2.22. The third-order valence-corrected chi connectivity index (χ3v) is 3.15. The summed E-state index contributed by atoms with van der Waals surface area (Å²) in [5, 5.41) is 3.09. The molecule has 1 heterocycles. The highest BCUT2D eigenvalue weighted by Gasteiger charge is 2.06. The molecule has 0 aliphatic carbocycles. The van der Waals surface area contributed by atoms with Gasteiger partial charge in [0.2, 0.25) is 0 Å². The van der Waals surface area contributed by atoms with Gasteiger partial charge in [0.25, 0.3) is 0 Å². The predicted octanol–water partition coefficient (Wildman–Crippen LogP) is 3.36. The summed E-state index contributed by atoms with van der Waals surface area (Å²) in [6, 6.07) is 8.42. The van der Waals surface area contributed by atoms with E-state index in [1.54, 1.807) is 0 Å². The quantitative estimate of drug-likeness (QED) is 0.895. The molecule has 0 saturated carbocycles. The van der Waals surface area contributed by atoms with Crippen molar-refractivity contribution in [1.29, 1.82) is 0 Å². The summed E-state index contributed by atoms with van der Waals surface area (Å²) in [4.78, 5) is 9.00. The number of nitrogens with zero attached hydrogens (tertiary/aromatic N) is 2. The van der Waals surface area contributed by atoms with E-state index in [0.717, 1.165) is 29.3 Å². The molecule has 0 atom stereocenters. The molecule has 0 saturated heterocycles. The minimum Gasteiger partial charge on any atom is -0.373 e. The first kappa shape index (κ1) is 12.6. The number of nitrogens with one attached hydrogen (secondary N) is 1. The second kappa shape index (κ2) is 5.17. The summed E-state index contributed by atoms with van der Waals surface area (Å²) < 4.78 is 0. The van der Waals surface area contributed by atoms with E-state index < -0.39 is 0 Å². The van der Waals surface area contributed by atoms with Gasteiger partial charge in [-0.25, -0.2) is 9.97 Å². The molecule has 2 rings (SSSR count). The molecule has 18 heavy (non-hydrogen) atoms. The van der Waals surface area contributed by atoms with Crippen LogP contribution in [0.25, 0.3) is 11.3 Å². The van der Waals surface area contributed by atoms with E-state index in [-0.39, 0.29) is 0 Å². The first-order valence-electron chi connectivity index (χ1n) is 6.27. The van der Waals surface area contributed by atoms with Gasteiger partial charge < -0.3 is 5.32 Å². The SMILES string of the molecule is CCc1nc(NC)cc(-c2ccc(C)c(C)c2)n1. The molecule has 1 aromatic heterocycles. The molecule has 94 valence electrons. The molecule has 0 unspecified atom stereocenters. The van der Waals surface area contributed by atoms with Gasteiger partial charge in [0, 0.05) is 25.1 Å². The first-order chi connectivity index (χ1) is 8.63. The molecule has 0 fully saturated rings. The zero-order valence-electron chi connectivity index (χ0n) is 11.4. The molecule has 1 N–H and O–H groups in total. The Labute approximate surface area is 108 Å². The smallest absolute Gasteiger partial charge is 0.131 e. The summed E-state index contributed by atoms with van der Waals surface area (Å²) in [6.45, 7) is 6.31. The van der Waals surface area contributed by atoms with E-state index in [0.29, 0.717) is 0 Å². The van der Waals surface area contributed by atoms with E-state index in [4.69, 9.17) is 0 Å². The monoisotopic (exact) mass is 241 g/mol. The van der Waals surface area contributed by atoms with Crippen molar-refractivity contribution in [2.45, 2.75) is 27.2 Å². The van der Waals surface area contributed by atoms with Crippen molar-refractivity contribution in [1.82, 2.24) is 9.97 Å². The Kier molecular flexibility index (Phi) is 3.60. The van der Waals surface area contributed by atoms with E-state index in [1.807, 2.05) is 13.1 Å². The van der Waals surface area contributed by atoms with Crippen molar-refractivity contribution in [2.75, 3.05) is 12.4 Å². The lowest BCUT2D eigenvalue weighted by molar-refractivity contribution is 0.945. The number of aromatic nitrogens is 2. The molecule has 2 aromatic rings. The molecule has 0 amide bonds. The summed E-state index contributed by atoms with van der Waals surface area (Å²) >= 11 is 0. The van der Waals surface area contributed by atoms with Gasteiger partial charge in [0.05, 0.1) is 5.69 Å². The maximum atomic E-state index is 4.59. The molecule has 0 aliphatic heterocycles. The molecular weight excluding hydrogens is 222 g/mol. The standard InChI is InChI=1S/C15H19N3/c1-5-14-17-13(9-15(16-4)18-14)12-7-6-10(2)11(3)8-12/h6-9H,5H2,1-4H3,(H,16,17,18). The summed E-state index contributed by atoms with van der Waals surface area (Å²) in [7, 11) is 1.88. The molecule has 3 heteroatoms. The van der Waals surface area contributed by atoms with Crippen molar-refractivity contribution in [2.24, 2.45) is 0 Å². The molecule has 0 spiro atoms. The molecular formula is C15H19N3. The molecule has 3 nitrogen and oxygen atoms in total. The Morgan fingerprint density at radius 3 is 2.44 bits per heavy atom. The minimum absolute atomic E-state index is 0.841. The third-order valence-electron chi connectivity index (χ3n) is 3.15. The van der Waals surface area contributed by atoms with Crippen molar-refractivity contribution >= 4 is 5.82 Å². The normalized spacial score (nSPS) is 10.4. The van der Waals surface area contributed by atoms with Gasteiger partial charge in [-0.05, 0) is 31.0 Å². The molecule has 0 aliphatic rings. The number of aryl methyl sites for hydroxylation is 3. The van der Waals surface area contributed by atoms with Gasteiger partial charge in [0.1, 0.15) is 11.6 Å². The first-order valence-corrected chi connectivity index (χ1v) is 6.27. The fourth-order valence-electron chi connectivity index (χ4n) is 1.83. The molecule has 1 aromatic carbocycles. The van der Waals surface area contributed by atoms with Crippen LogP contribution in [0.3, 0.4) is 0 Å². The van der Waals surface area contributed by atoms with Crippen molar-refractivity contribution in [3.63, 3.8) is 0 Å². The Balaban J connectivity index is 2.51. The van der Waals surface area contributed by atoms with Crippen LogP contribution in [0.2, 0.25) is 0 Å². The lowest BCUT2D eigenvalue weighted by atomic mass is 10.0. The Morgan fingerprint density at radius 1 is 1.06 bits per heavy atom. The van der Waals surface area contributed by atoms with Crippen molar-refractivity contribution in [3.05, 3.63) is 41.2 Å². The van der Waals surface area contributed by atoms with Gasteiger partial charge in [-0.1, -0.05) is 19.1 Å². The fraction of sp³-hybridized carbons (Fsp3) is 0.333. The van der Waals surface area contributed by atoms with Crippen molar-refractivity contribution < 1.29 is 0 Å². The zero-order chi connectivity index (χ0) is 13.1. The highest BCUT2D eigenvalue weighted by atomic mass is 15.0. The van der Waals surface area contributed by atoms with E-state index >= 15 is 0 Å². The van der Waals surface area contributed by atoms with Crippen LogP contribution in [0.5, 0.6) is 0 Å². The van der Waals surface area contributed by atoms with Gasteiger partial charge in [0.15, 0.2) is 0 Å². The van der Waals surface area contributed by atoms with Crippen LogP contribution < -0.4 is 5.32 Å². The lowest BCUT2D eigenvalue weighted by Crippen LogP contribution is -2.00. The van der Waals surface area contributed by atoms with Crippen LogP contribution >= 0.6 is 0 Å². The molecule has 0 radical (unpaired) electrons. The van der Waals surface area contributed by atoms with Crippen LogP contribution in [-0.4, -0.2) is 17.0 Å². The van der Waals surface area contributed by atoms with E-state index in [9.17, 15) is 0 Å². The fourth-order valence-corrected chi connectivity index (χ4v) is 1.83. The zero-order valence-corrected chi connectivity index (χ0v) is 11.4. The maximum absolute atomic E-state index is 4.59. The molecule has 0 bridgehead atoms. The Hall–Kier alpha value is -1.90. The lowest BCUT2D eigenvalue weighted by Gasteiger charge is -2.08. The summed E-state index contributed by atoms with van der Waals surface area (Å²) in [5.41, 5.74) is 4.72. The number of rotatable bonds is 3. The van der Waals surface area contributed by atoms with Gasteiger partial charge in [-0.2, -0.15) is 0 Å². The summed E-state index contributed by atoms with van der Waals surface area (Å²) in [6.07, 6.45) is 0.841. The van der Waals surface area contributed by atoms with Crippen molar-refractivity contribution in [3.8, 4) is 11.3 Å². The number of hydrogen-bond acceptors (Lipinski definition) is 3. The average Bonchev–Trinajstić information content (AvgIpc) is 2.41. The largest absolute Gasteiger partial charge is 0.373 e. The maximum Gasteiger partial charge on any atom is 0.131 e. The van der Waals surface area contributed by atoms with Crippen LogP contribution in [-0.2, 0) is 6.42 Å². The minimum atomic E-state index is 0.841. The van der Waals surface area contributed by atoms with Crippen LogP contribution in [0, 0.1) is 13.8 Å². The number of benzene rings is 1. The average molecular weight is 241 g/mol. The third kappa shape index (κ3) is 2.50. The van der Waals surface area contributed by atoms with E-state index in [1.165, 1.54) is 11.1 Å². The highest BCUT2D eigenvalue weighted by molar-refractivity contribution is 5.64.